The maximum absolute atomic E-state index is 4.41. The highest BCUT2D eigenvalue weighted by Crippen LogP contribution is 2.14. The number of likely N-dealkylation sites (tertiary alicyclic amines) is 1. The molecule has 0 bridgehead atoms. The van der Waals surface area contributed by atoms with Gasteiger partial charge in [-0.25, -0.2) is 0 Å². The second kappa shape index (κ2) is 13.2. The van der Waals surface area contributed by atoms with Gasteiger partial charge in [-0.1, -0.05) is 12.5 Å². The number of hydrogen-bond acceptors (Lipinski definition) is 2. The van der Waals surface area contributed by atoms with E-state index in [-0.39, 0.29) is 24.0 Å². The van der Waals surface area contributed by atoms with E-state index in [1.165, 1.54) is 45.2 Å². The summed E-state index contributed by atoms with van der Waals surface area (Å²) in [4.78, 5) is 9.08. The highest BCUT2D eigenvalue weighted by atomic mass is 127. The first-order valence-electron chi connectivity index (χ1n) is 8.38. The normalized spacial score (nSPS) is 17.0. The largest absolute Gasteiger partial charge is 0.356 e. The van der Waals surface area contributed by atoms with Gasteiger partial charge in [-0.2, -0.15) is 0 Å². The standard InChI is InChI=1S/C17H34N4.HI/c1-5-6-7-8-9-12-21(4)17(18-2)19-15-16-10-13-20(3)14-11-16;/h5,16H,1,6-15H2,2-4H3,(H,18,19);1H. The molecule has 1 saturated heterocycles. The summed E-state index contributed by atoms with van der Waals surface area (Å²) in [5.74, 6) is 1.83. The number of allylic oxidation sites excluding steroid dienone is 1. The van der Waals surface area contributed by atoms with Crippen LogP contribution in [0.5, 0.6) is 0 Å². The Bertz CT molecular complexity index is 312. The van der Waals surface area contributed by atoms with Crippen molar-refractivity contribution >= 4 is 29.9 Å². The Kier molecular flexibility index (Phi) is 13.0. The van der Waals surface area contributed by atoms with Crippen molar-refractivity contribution in [1.82, 2.24) is 15.1 Å². The minimum atomic E-state index is 0. The van der Waals surface area contributed by atoms with Crippen molar-refractivity contribution in [2.45, 2.75) is 38.5 Å². The second-order valence-corrected chi connectivity index (χ2v) is 6.23. The zero-order valence-corrected chi connectivity index (χ0v) is 17.0. The molecule has 0 spiro atoms. The SMILES string of the molecule is C=CCCCCCN(C)C(=NC)NCC1CCN(C)CC1.I. The monoisotopic (exact) mass is 422 g/mol. The van der Waals surface area contributed by atoms with Crippen molar-refractivity contribution in [3.8, 4) is 0 Å². The van der Waals surface area contributed by atoms with E-state index < -0.39 is 0 Å². The Labute approximate surface area is 154 Å². The van der Waals surface area contributed by atoms with Crippen LogP contribution in [0.4, 0.5) is 0 Å². The van der Waals surface area contributed by atoms with Gasteiger partial charge in [0.05, 0.1) is 0 Å². The Morgan fingerprint density at radius 3 is 2.59 bits per heavy atom. The molecule has 0 aromatic rings. The summed E-state index contributed by atoms with van der Waals surface area (Å²) in [7, 11) is 6.23. The smallest absolute Gasteiger partial charge is 0.193 e. The lowest BCUT2D eigenvalue weighted by Crippen LogP contribution is -2.43. The van der Waals surface area contributed by atoms with Gasteiger partial charge in [0.25, 0.3) is 0 Å². The van der Waals surface area contributed by atoms with Crippen molar-refractivity contribution in [3.63, 3.8) is 0 Å². The van der Waals surface area contributed by atoms with Crippen LogP contribution in [0.3, 0.4) is 0 Å². The van der Waals surface area contributed by atoms with Gasteiger partial charge in [-0.05, 0) is 58.2 Å². The molecule has 0 aliphatic carbocycles. The van der Waals surface area contributed by atoms with Crippen LogP contribution in [0, 0.1) is 5.92 Å². The first kappa shape index (κ1) is 21.7. The molecule has 0 saturated carbocycles. The maximum Gasteiger partial charge on any atom is 0.193 e. The number of piperidine rings is 1. The summed E-state index contributed by atoms with van der Waals surface area (Å²) in [6.07, 6.45) is 9.47. The molecule has 0 atom stereocenters. The second-order valence-electron chi connectivity index (χ2n) is 6.23. The third kappa shape index (κ3) is 8.98. The van der Waals surface area contributed by atoms with Crippen molar-refractivity contribution < 1.29 is 0 Å². The van der Waals surface area contributed by atoms with Crippen LogP contribution in [0.25, 0.3) is 0 Å². The first-order valence-corrected chi connectivity index (χ1v) is 8.38. The van der Waals surface area contributed by atoms with Crippen LogP contribution in [0.1, 0.15) is 38.5 Å². The van der Waals surface area contributed by atoms with E-state index in [1.54, 1.807) is 0 Å². The molecular weight excluding hydrogens is 387 g/mol. The minimum Gasteiger partial charge on any atom is -0.356 e. The Balaban J connectivity index is 0.00000441. The van der Waals surface area contributed by atoms with E-state index in [2.05, 4.69) is 40.8 Å². The topological polar surface area (TPSA) is 30.9 Å². The molecule has 0 aromatic carbocycles. The summed E-state index contributed by atoms with van der Waals surface area (Å²) >= 11 is 0. The molecule has 22 heavy (non-hydrogen) atoms. The first-order chi connectivity index (χ1) is 10.2. The number of aliphatic imine (C=N–C) groups is 1. The third-order valence-electron chi connectivity index (χ3n) is 4.36. The number of hydrogen-bond donors (Lipinski definition) is 1. The van der Waals surface area contributed by atoms with Crippen molar-refractivity contribution in [1.29, 1.82) is 0 Å². The summed E-state index contributed by atoms with van der Waals surface area (Å²) in [5.41, 5.74) is 0. The highest BCUT2D eigenvalue weighted by molar-refractivity contribution is 14.0. The molecule has 0 aromatic heterocycles. The van der Waals surface area contributed by atoms with E-state index in [1.807, 2.05) is 13.1 Å². The molecule has 1 aliphatic heterocycles. The number of unbranched alkanes of at least 4 members (excludes halogenated alkanes) is 3. The van der Waals surface area contributed by atoms with Crippen molar-refractivity contribution in [2.75, 3.05) is 47.3 Å². The summed E-state index contributed by atoms with van der Waals surface area (Å²) in [6, 6.07) is 0. The lowest BCUT2D eigenvalue weighted by atomic mass is 9.97. The quantitative estimate of drug-likeness (QED) is 0.214. The molecule has 0 unspecified atom stereocenters. The molecule has 1 N–H and O–H groups in total. The van der Waals surface area contributed by atoms with Crippen molar-refractivity contribution in [2.24, 2.45) is 10.9 Å². The van der Waals surface area contributed by atoms with Crippen LogP contribution in [-0.2, 0) is 0 Å². The van der Waals surface area contributed by atoms with Gasteiger partial charge >= 0.3 is 0 Å². The predicted molar refractivity (Wildman–Crippen MR) is 108 cm³/mol. The Morgan fingerprint density at radius 2 is 2.00 bits per heavy atom. The fourth-order valence-electron chi connectivity index (χ4n) is 2.81. The number of halogens is 1. The van der Waals surface area contributed by atoms with Crippen LogP contribution in [-0.4, -0.2) is 63.1 Å². The van der Waals surface area contributed by atoms with Crippen LogP contribution < -0.4 is 5.32 Å². The molecule has 1 aliphatic rings. The number of rotatable bonds is 8. The van der Waals surface area contributed by atoms with Gasteiger partial charge < -0.3 is 15.1 Å². The lowest BCUT2D eigenvalue weighted by molar-refractivity contribution is 0.219. The Morgan fingerprint density at radius 1 is 1.32 bits per heavy atom. The number of nitrogens with zero attached hydrogens (tertiary/aromatic N) is 3. The van der Waals surface area contributed by atoms with E-state index >= 15 is 0 Å². The summed E-state index contributed by atoms with van der Waals surface area (Å²) in [6.45, 7) is 8.35. The average molecular weight is 422 g/mol. The Hall–Kier alpha value is -0.300. The van der Waals surface area contributed by atoms with Gasteiger partial charge in [0.1, 0.15) is 0 Å². The molecule has 1 heterocycles. The van der Waals surface area contributed by atoms with Crippen LogP contribution in [0.2, 0.25) is 0 Å². The fraction of sp³-hybridized carbons (Fsp3) is 0.824. The maximum atomic E-state index is 4.41. The number of guanidine groups is 1. The summed E-state index contributed by atoms with van der Waals surface area (Å²) < 4.78 is 0. The van der Waals surface area contributed by atoms with Gasteiger partial charge in [0.2, 0.25) is 0 Å². The molecule has 4 nitrogen and oxygen atoms in total. The van der Waals surface area contributed by atoms with Crippen molar-refractivity contribution in [3.05, 3.63) is 12.7 Å². The molecule has 1 fully saturated rings. The molecule has 5 heteroatoms. The van der Waals surface area contributed by atoms with Crippen LogP contribution >= 0.6 is 24.0 Å². The van der Waals surface area contributed by atoms with Gasteiger partial charge in [-0.3, -0.25) is 4.99 Å². The zero-order valence-electron chi connectivity index (χ0n) is 14.7. The predicted octanol–water partition coefficient (Wildman–Crippen LogP) is 3.20. The molecule has 0 amide bonds. The van der Waals surface area contributed by atoms with Gasteiger partial charge in [0.15, 0.2) is 5.96 Å². The van der Waals surface area contributed by atoms with Gasteiger partial charge in [0, 0.05) is 27.2 Å². The van der Waals surface area contributed by atoms with E-state index in [4.69, 9.17) is 0 Å². The lowest BCUT2D eigenvalue weighted by Gasteiger charge is -2.30. The highest BCUT2D eigenvalue weighted by Gasteiger charge is 2.17. The van der Waals surface area contributed by atoms with E-state index in [9.17, 15) is 0 Å². The molecule has 130 valence electrons. The zero-order chi connectivity index (χ0) is 15.5. The van der Waals surface area contributed by atoms with E-state index in [0.29, 0.717) is 0 Å². The fourth-order valence-corrected chi connectivity index (χ4v) is 2.81. The molecule has 0 radical (unpaired) electrons. The van der Waals surface area contributed by atoms with Gasteiger partial charge in [-0.15, -0.1) is 30.6 Å². The molecule has 1 rings (SSSR count). The minimum absolute atomic E-state index is 0. The molecular formula is C17H35IN4. The summed E-state index contributed by atoms with van der Waals surface area (Å²) in [5, 5.41) is 3.55. The average Bonchev–Trinajstić information content (AvgIpc) is 2.49. The third-order valence-corrected chi connectivity index (χ3v) is 4.36. The van der Waals surface area contributed by atoms with E-state index in [0.717, 1.165) is 31.4 Å². The number of nitrogens with one attached hydrogen (secondary N) is 1. The van der Waals surface area contributed by atoms with Crippen LogP contribution in [0.15, 0.2) is 17.6 Å².